The predicted molar refractivity (Wildman–Crippen MR) is 78.3 cm³/mol. The van der Waals surface area contributed by atoms with Gasteiger partial charge in [-0.15, -0.1) is 0 Å². The normalized spacial score (nSPS) is 17.4. The van der Waals surface area contributed by atoms with Crippen LogP contribution in [0.25, 0.3) is 0 Å². The van der Waals surface area contributed by atoms with Gasteiger partial charge >= 0.3 is 0 Å². The van der Waals surface area contributed by atoms with Crippen molar-refractivity contribution in [1.82, 2.24) is 10.3 Å². The summed E-state index contributed by atoms with van der Waals surface area (Å²) in [5, 5.41) is 3.50. The zero-order valence-corrected chi connectivity index (χ0v) is 12.4. The van der Waals surface area contributed by atoms with E-state index in [1.54, 1.807) is 0 Å². The van der Waals surface area contributed by atoms with Crippen LogP contribution in [-0.4, -0.2) is 16.6 Å². The third kappa shape index (κ3) is 4.83. The molecule has 1 fully saturated rings. The zero-order valence-electron chi connectivity index (χ0n) is 12.4. The van der Waals surface area contributed by atoms with Crippen LogP contribution in [0.3, 0.4) is 0 Å². The maximum atomic E-state index is 6.17. The number of nitrogens with zero attached hydrogens (tertiary/aromatic N) is 1. The molecule has 0 radical (unpaired) electrons. The van der Waals surface area contributed by atoms with Crippen molar-refractivity contribution >= 4 is 0 Å². The summed E-state index contributed by atoms with van der Waals surface area (Å²) in [6.45, 7) is 7.32. The first-order chi connectivity index (χ1) is 9.04. The molecule has 1 aliphatic rings. The number of pyridine rings is 1. The van der Waals surface area contributed by atoms with E-state index in [1.807, 2.05) is 18.5 Å². The Morgan fingerprint density at radius 2 is 2.00 bits per heavy atom. The van der Waals surface area contributed by atoms with Crippen LogP contribution < -0.4 is 10.1 Å². The lowest BCUT2D eigenvalue weighted by Crippen LogP contribution is -2.35. The Kier molecular flexibility index (Phi) is 4.81. The number of aromatic nitrogens is 1. The molecule has 3 heteroatoms. The van der Waals surface area contributed by atoms with E-state index in [0.29, 0.717) is 6.10 Å². The Labute approximate surface area is 116 Å². The lowest BCUT2D eigenvalue weighted by Gasteiger charge is -2.25. The van der Waals surface area contributed by atoms with Crippen molar-refractivity contribution in [2.45, 2.75) is 71.1 Å². The average Bonchev–Trinajstić information content (AvgIpc) is 2.38. The third-order valence-electron chi connectivity index (χ3n) is 3.51. The summed E-state index contributed by atoms with van der Waals surface area (Å²) < 4.78 is 6.17. The monoisotopic (exact) mass is 262 g/mol. The minimum Gasteiger partial charge on any atom is -0.490 e. The first-order valence-electron chi connectivity index (χ1n) is 7.39. The Bertz CT molecular complexity index is 392. The third-order valence-corrected chi connectivity index (χ3v) is 3.51. The molecule has 1 aromatic rings. The van der Waals surface area contributed by atoms with Crippen LogP contribution in [-0.2, 0) is 6.54 Å². The topological polar surface area (TPSA) is 34.2 Å². The SMILES string of the molecule is CC(C)(C)NCc1cnccc1OC1CCCCC1. The van der Waals surface area contributed by atoms with Gasteiger partial charge in [0.25, 0.3) is 0 Å². The molecule has 0 spiro atoms. The van der Waals surface area contributed by atoms with Gasteiger partial charge in [-0.25, -0.2) is 0 Å². The van der Waals surface area contributed by atoms with Crippen molar-refractivity contribution in [3.8, 4) is 5.75 Å². The number of nitrogens with one attached hydrogen (secondary N) is 1. The standard InChI is InChI=1S/C16H26N2O/c1-16(2,3)18-12-13-11-17-10-9-15(13)19-14-7-5-4-6-8-14/h9-11,14,18H,4-8,12H2,1-3H3. The zero-order chi connectivity index (χ0) is 13.7. The molecule has 2 rings (SSSR count). The fourth-order valence-corrected chi connectivity index (χ4v) is 2.39. The Balaban J connectivity index is 1.99. The average molecular weight is 262 g/mol. The summed E-state index contributed by atoms with van der Waals surface area (Å²) in [5.74, 6) is 0.999. The molecule has 0 saturated heterocycles. The molecule has 0 atom stereocenters. The molecule has 1 aromatic heterocycles. The highest BCUT2D eigenvalue weighted by Crippen LogP contribution is 2.25. The number of ether oxygens (including phenoxy) is 1. The van der Waals surface area contributed by atoms with Crippen molar-refractivity contribution in [1.29, 1.82) is 0 Å². The van der Waals surface area contributed by atoms with Gasteiger partial charge in [0.05, 0.1) is 6.10 Å². The molecule has 1 heterocycles. The molecule has 1 N–H and O–H groups in total. The summed E-state index contributed by atoms with van der Waals surface area (Å²) in [7, 11) is 0. The van der Waals surface area contributed by atoms with Crippen molar-refractivity contribution in [2.75, 3.05) is 0 Å². The summed E-state index contributed by atoms with van der Waals surface area (Å²) >= 11 is 0. The number of hydrogen-bond acceptors (Lipinski definition) is 3. The molecule has 19 heavy (non-hydrogen) atoms. The lowest BCUT2D eigenvalue weighted by molar-refractivity contribution is 0.153. The van der Waals surface area contributed by atoms with Crippen LogP contribution in [0.5, 0.6) is 5.75 Å². The van der Waals surface area contributed by atoms with Crippen molar-refractivity contribution < 1.29 is 4.74 Å². The van der Waals surface area contributed by atoms with E-state index in [-0.39, 0.29) is 5.54 Å². The van der Waals surface area contributed by atoms with E-state index in [1.165, 1.54) is 32.1 Å². The summed E-state index contributed by atoms with van der Waals surface area (Å²) in [5.41, 5.74) is 1.26. The van der Waals surface area contributed by atoms with E-state index < -0.39 is 0 Å². The van der Waals surface area contributed by atoms with Gasteiger partial charge in [0.1, 0.15) is 5.75 Å². The van der Waals surface area contributed by atoms with E-state index in [2.05, 4.69) is 31.1 Å². The van der Waals surface area contributed by atoms with Crippen LogP contribution in [0, 0.1) is 0 Å². The second-order valence-corrected chi connectivity index (χ2v) is 6.46. The molecule has 1 saturated carbocycles. The van der Waals surface area contributed by atoms with Crippen molar-refractivity contribution in [2.24, 2.45) is 0 Å². The van der Waals surface area contributed by atoms with Gasteiger partial charge in [-0.2, -0.15) is 0 Å². The van der Waals surface area contributed by atoms with Gasteiger partial charge in [0.15, 0.2) is 0 Å². The van der Waals surface area contributed by atoms with Gasteiger partial charge in [0, 0.05) is 30.0 Å². The van der Waals surface area contributed by atoms with Crippen LogP contribution in [0.1, 0.15) is 58.4 Å². The number of rotatable bonds is 4. The molecular formula is C16H26N2O. The molecular weight excluding hydrogens is 236 g/mol. The number of hydrogen-bond donors (Lipinski definition) is 1. The summed E-state index contributed by atoms with van der Waals surface area (Å²) in [4.78, 5) is 4.22. The molecule has 0 aliphatic heterocycles. The van der Waals surface area contributed by atoms with E-state index >= 15 is 0 Å². The largest absolute Gasteiger partial charge is 0.490 e. The van der Waals surface area contributed by atoms with Crippen LogP contribution in [0.4, 0.5) is 0 Å². The van der Waals surface area contributed by atoms with Gasteiger partial charge in [-0.05, 0) is 52.5 Å². The van der Waals surface area contributed by atoms with Gasteiger partial charge in [-0.1, -0.05) is 6.42 Å². The fraction of sp³-hybridized carbons (Fsp3) is 0.688. The van der Waals surface area contributed by atoms with Crippen molar-refractivity contribution in [3.63, 3.8) is 0 Å². The van der Waals surface area contributed by atoms with Gasteiger partial charge in [-0.3, -0.25) is 4.98 Å². The molecule has 106 valence electrons. The maximum absolute atomic E-state index is 6.17. The summed E-state index contributed by atoms with van der Waals surface area (Å²) in [6, 6.07) is 1.99. The van der Waals surface area contributed by atoms with Crippen LogP contribution in [0.15, 0.2) is 18.5 Å². The first kappa shape index (κ1) is 14.3. The molecule has 0 amide bonds. The fourth-order valence-electron chi connectivity index (χ4n) is 2.39. The quantitative estimate of drug-likeness (QED) is 0.898. The minimum absolute atomic E-state index is 0.109. The lowest BCUT2D eigenvalue weighted by atomic mass is 9.98. The molecule has 1 aliphatic carbocycles. The van der Waals surface area contributed by atoms with Crippen molar-refractivity contribution in [3.05, 3.63) is 24.0 Å². The minimum atomic E-state index is 0.109. The highest BCUT2D eigenvalue weighted by molar-refractivity contribution is 5.30. The molecule has 0 unspecified atom stereocenters. The second kappa shape index (κ2) is 6.38. The molecule has 3 nitrogen and oxygen atoms in total. The smallest absolute Gasteiger partial charge is 0.127 e. The predicted octanol–water partition coefficient (Wildman–Crippen LogP) is 3.68. The summed E-state index contributed by atoms with van der Waals surface area (Å²) in [6.07, 6.45) is 10.5. The maximum Gasteiger partial charge on any atom is 0.127 e. The highest BCUT2D eigenvalue weighted by atomic mass is 16.5. The Morgan fingerprint density at radius 1 is 1.26 bits per heavy atom. The Hall–Kier alpha value is -1.09. The Morgan fingerprint density at radius 3 is 2.68 bits per heavy atom. The van der Waals surface area contributed by atoms with Crippen LogP contribution in [0.2, 0.25) is 0 Å². The second-order valence-electron chi connectivity index (χ2n) is 6.46. The first-order valence-corrected chi connectivity index (χ1v) is 7.39. The van der Waals surface area contributed by atoms with E-state index in [0.717, 1.165) is 17.9 Å². The van der Waals surface area contributed by atoms with Crippen LogP contribution >= 0.6 is 0 Å². The van der Waals surface area contributed by atoms with Gasteiger partial charge in [0.2, 0.25) is 0 Å². The highest BCUT2D eigenvalue weighted by Gasteiger charge is 2.17. The van der Waals surface area contributed by atoms with E-state index in [4.69, 9.17) is 4.74 Å². The van der Waals surface area contributed by atoms with E-state index in [9.17, 15) is 0 Å². The molecule has 0 bridgehead atoms. The molecule has 0 aromatic carbocycles. The van der Waals surface area contributed by atoms with Gasteiger partial charge < -0.3 is 10.1 Å².